The molecule has 3 heteroatoms. The molecule has 0 amide bonds. The van der Waals surface area contributed by atoms with Crippen LogP contribution >= 0.6 is 0 Å². The predicted molar refractivity (Wildman–Crippen MR) is 75.5 cm³/mol. The summed E-state index contributed by atoms with van der Waals surface area (Å²) in [6.45, 7) is 11.6. The Labute approximate surface area is 108 Å². The first-order valence-corrected chi connectivity index (χ1v) is 7.17. The third kappa shape index (κ3) is 4.57. The minimum atomic E-state index is 0.707. The molecule has 1 fully saturated rings. The van der Waals surface area contributed by atoms with Crippen molar-refractivity contribution < 1.29 is 0 Å². The quantitative estimate of drug-likeness (QED) is 0.763. The number of likely N-dealkylation sites (tertiary alicyclic amines) is 1. The molecule has 0 aromatic rings. The van der Waals surface area contributed by atoms with Crippen molar-refractivity contribution in [1.29, 1.82) is 0 Å². The maximum absolute atomic E-state index is 3.51. The Morgan fingerprint density at radius 1 is 1.24 bits per heavy atom. The highest BCUT2D eigenvalue weighted by atomic mass is 15.2. The van der Waals surface area contributed by atoms with Gasteiger partial charge < -0.3 is 10.2 Å². The monoisotopic (exact) mass is 241 g/mol. The van der Waals surface area contributed by atoms with Crippen LogP contribution in [0.3, 0.4) is 0 Å². The zero-order chi connectivity index (χ0) is 12.8. The summed E-state index contributed by atoms with van der Waals surface area (Å²) < 4.78 is 0. The summed E-state index contributed by atoms with van der Waals surface area (Å²) in [7, 11) is 4.41. The van der Waals surface area contributed by atoms with E-state index >= 15 is 0 Å². The molecule has 0 spiro atoms. The summed E-state index contributed by atoms with van der Waals surface area (Å²) in [6, 6.07) is 1.50. The molecule has 0 aromatic carbocycles. The van der Waals surface area contributed by atoms with Crippen LogP contribution in [0.25, 0.3) is 0 Å². The van der Waals surface area contributed by atoms with E-state index in [9.17, 15) is 0 Å². The van der Waals surface area contributed by atoms with Crippen molar-refractivity contribution in [2.75, 3.05) is 40.3 Å². The van der Waals surface area contributed by atoms with Gasteiger partial charge in [-0.15, -0.1) is 0 Å². The lowest BCUT2D eigenvalue weighted by molar-refractivity contribution is 0.0866. The molecule has 1 aliphatic heterocycles. The topological polar surface area (TPSA) is 18.5 Å². The Kier molecular flexibility index (Phi) is 6.45. The SMILES string of the molecule is CCNCC(C(C)C)N1CCC(N(C)C)CC1. The van der Waals surface area contributed by atoms with Crippen LogP contribution in [0.1, 0.15) is 33.6 Å². The van der Waals surface area contributed by atoms with Gasteiger partial charge in [0.25, 0.3) is 0 Å². The van der Waals surface area contributed by atoms with Crippen LogP contribution in [0, 0.1) is 5.92 Å². The van der Waals surface area contributed by atoms with E-state index in [0.29, 0.717) is 6.04 Å². The molecule has 0 aliphatic carbocycles. The average molecular weight is 241 g/mol. The number of rotatable bonds is 6. The minimum Gasteiger partial charge on any atom is -0.315 e. The van der Waals surface area contributed by atoms with E-state index in [0.717, 1.165) is 25.0 Å². The maximum atomic E-state index is 3.51. The molecule has 1 unspecified atom stereocenters. The normalized spacial score (nSPS) is 21.4. The Morgan fingerprint density at radius 2 is 1.82 bits per heavy atom. The maximum Gasteiger partial charge on any atom is 0.0243 e. The van der Waals surface area contributed by atoms with E-state index in [2.05, 4.69) is 50.0 Å². The van der Waals surface area contributed by atoms with Crippen LogP contribution in [-0.4, -0.2) is 62.2 Å². The zero-order valence-corrected chi connectivity index (χ0v) is 12.4. The van der Waals surface area contributed by atoms with E-state index in [1.165, 1.54) is 25.9 Å². The van der Waals surface area contributed by atoms with Crippen LogP contribution < -0.4 is 5.32 Å². The number of piperidine rings is 1. The lowest BCUT2D eigenvalue weighted by Crippen LogP contribution is -2.51. The van der Waals surface area contributed by atoms with Crippen LogP contribution in [0.15, 0.2) is 0 Å². The highest BCUT2D eigenvalue weighted by Gasteiger charge is 2.27. The fourth-order valence-electron chi connectivity index (χ4n) is 2.81. The number of hydrogen-bond donors (Lipinski definition) is 1. The summed E-state index contributed by atoms with van der Waals surface area (Å²) in [6.07, 6.45) is 2.64. The van der Waals surface area contributed by atoms with Gasteiger partial charge in [0.1, 0.15) is 0 Å². The molecule has 1 rings (SSSR count). The fraction of sp³-hybridized carbons (Fsp3) is 1.00. The van der Waals surface area contributed by atoms with Crippen LogP contribution in [0.5, 0.6) is 0 Å². The Hall–Kier alpha value is -0.120. The molecule has 0 radical (unpaired) electrons. The minimum absolute atomic E-state index is 0.707. The molecule has 1 heterocycles. The second kappa shape index (κ2) is 7.34. The predicted octanol–water partition coefficient (Wildman–Crippen LogP) is 1.65. The van der Waals surface area contributed by atoms with Gasteiger partial charge in [0.15, 0.2) is 0 Å². The summed E-state index contributed by atoms with van der Waals surface area (Å²) >= 11 is 0. The van der Waals surface area contributed by atoms with E-state index in [-0.39, 0.29) is 0 Å². The van der Waals surface area contributed by atoms with Crippen molar-refractivity contribution in [3.8, 4) is 0 Å². The lowest BCUT2D eigenvalue weighted by atomic mass is 9.97. The fourth-order valence-corrected chi connectivity index (χ4v) is 2.81. The largest absolute Gasteiger partial charge is 0.315 e. The smallest absolute Gasteiger partial charge is 0.0243 e. The van der Waals surface area contributed by atoms with Gasteiger partial charge in [-0.25, -0.2) is 0 Å². The lowest BCUT2D eigenvalue weighted by Gasteiger charge is -2.41. The molecule has 1 saturated heterocycles. The molecule has 17 heavy (non-hydrogen) atoms. The summed E-state index contributed by atoms with van der Waals surface area (Å²) in [4.78, 5) is 5.07. The van der Waals surface area contributed by atoms with E-state index < -0.39 is 0 Å². The average Bonchev–Trinajstić information content (AvgIpc) is 2.29. The third-order valence-electron chi connectivity index (χ3n) is 4.07. The molecular weight excluding hydrogens is 210 g/mol. The molecule has 102 valence electrons. The van der Waals surface area contributed by atoms with Gasteiger partial charge in [-0.2, -0.15) is 0 Å². The van der Waals surface area contributed by atoms with Gasteiger partial charge >= 0.3 is 0 Å². The standard InChI is InChI=1S/C14H31N3/c1-6-15-11-14(12(2)3)17-9-7-13(8-10-17)16(4)5/h12-15H,6-11H2,1-5H3. The molecule has 1 atom stereocenters. The van der Waals surface area contributed by atoms with Gasteiger partial charge in [-0.3, -0.25) is 4.90 Å². The van der Waals surface area contributed by atoms with Gasteiger partial charge in [0, 0.05) is 18.6 Å². The first-order chi connectivity index (χ1) is 8.06. The molecule has 1 N–H and O–H groups in total. The molecule has 0 aromatic heterocycles. The zero-order valence-electron chi connectivity index (χ0n) is 12.4. The van der Waals surface area contributed by atoms with Crippen molar-refractivity contribution in [2.24, 2.45) is 5.92 Å². The number of likely N-dealkylation sites (N-methyl/N-ethyl adjacent to an activating group) is 1. The van der Waals surface area contributed by atoms with Gasteiger partial charge in [0.2, 0.25) is 0 Å². The molecule has 3 nitrogen and oxygen atoms in total. The summed E-state index contributed by atoms with van der Waals surface area (Å²) in [5.41, 5.74) is 0. The second-order valence-electron chi connectivity index (χ2n) is 5.85. The van der Waals surface area contributed by atoms with Gasteiger partial charge in [-0.1, -0.05) is 20.8 Å². The van der Waals surface area contributed by atoms with E-state index in [4.69, 9.17) is 0 Å². The molecule has 0 bridgehead atoms. The number of nitrogens with one attached hydrogen (secondary N) is 1. The van der Waals surface area contributed by atoms with Crippen LogP contribution in [-0.2, 0) is 0 Å². The van der Waals surface area contributed by atoms with Crippen LogP contribution in [0.2, 0.25) is 0 Å². The van der Waals surface area contributed by atoms with Gasteiger partial charge in [0.05, 0.1) is 0 Å². The second-order valence-corrected chi connectivity index (χ2v) is 5.85. The van der Waals surface area contributed by atoms with E-state index in [1.807, 2.05) is 0 Å². The molecule has 0 saturated carbocycles. The Morgan fingerprint density at radius 3 is 2.24 bits per heavy atom. The first-order valence-electron chi connectivity index (χ1n) is 7.17. The summed E-state index contributed by atoms with van der Waals surface area (Å²) in [5, 5.41) is 3.51. The van der Waals surface area contributed by atoms with Crippen molar-refractivity contribution in [1.82, 2.24) is 15.1 Å². The highest BCUT2D eigenvalue weighted by molar-refractivity contribution is 4.84. The van der Waals surface area contributed by atoms with Crippen molar-refractivity contribution >= 4 is 0 Å². The Balaban J connectivity index is 2.43. The number of hydrogen-bond acceptors (Lipinski definition) is 3. The highest BCUT2D eigenvalue weighted by Crippen LogP contribution is 2.19. The molecular formula is C14H31N3. The first kappa shape index (κ1) is 14.9. The van der Waals surface area contributed by atoms with E-state index in [1.54, 1.807) is 0 Å². The van der Waals surface area contributed by atoms with Crippen molar-refractivity contribution in [3.63, 3.8) is 0 Å². The number of nitrogens with zero attached hydrogens (tertiary/aromatic N) is 2. The van der Waals surface area contributed by atoms with Gasteiger partial charge in [-0.05, 0) is 52.5 Å². The Bertz CT molecular complexity index is 196. The summed E-state index contributed by atoms with van der Waals surface area (Å²) in [5.74, 6) is 0.741. The van der Waals surface area contributed by atoms with Crippen molar-refractivity contribution in [3.05, 3.63) is 0 Å². The third-order valence-corrected chi connectivity index (χ3v) is 4.07. The van der Waals surface area contributed by atoms with Crippen molar-refractivity contribution in [2.45, 2.75) is 45.7 Å². The molecule has 1 aliphatic rings. The van der Waals surface area contributed by atoms with Crippen LogP contribution in [0.4, 0.5) is 0 Å².